The minimum absolute atomic E-state index is 0.0655. The number of benzene rings is 7. The van der Waals surface area contributed by atoms with Gasteiger partial charge in [0.1, 0.15) is 0 Å². The second-order valence-corrected chi connectivity index (χ2v) is 26.0. The topological polar surface area (TPSA) is 6.48 Å². The van der Waals surface area contributed by atoms with E-state index in [0.717, 1.165) is 0 Å². The zero-order valence-electron chi connectivity index (χ0n) is 38.7. The third kappa shape index (κ3) is 5.25. The Morgan fingerprint density at radius 1 is 0.429 bits per heavy atom. The number of fused-ring (bicyclic) bond motifs is 8. The normalized spacial score (nSPS) is 19.5. The third-order valence-electron chi connectivity index (χ3n) is 16.7. The van der Waals surface area contributed by atoms with Crippen molar-refractivity contribution in [2.24, 2.45) is 0 Å². The summed E-state index contributed by atoms with van der Waals surface area (Å²) in [5, 5.41) is 5.79. The van der Waals surface area contributed by atoms with Crippen molar-refractivity contribution in [1.29, 1.82) is 0 Å². The van der Waals surface area contributed by atoms with Gasteiger partial charge in [0.2, 0.25) is 0 Å². The summed E-state index contributed by atoms with van der Waals surface area (Å²) >= 11 is 0. The van der Waals surface area contributed by atoms with Gasteiger partial charge in [0.15, 0.2) is 8.07 Å². The Bertz CT molecular complexity index is 3010. The van der Waals surface area contributed by atoms with Gasteiger partial charge in [-0.2, -0.15) is 0 Å². The minimum Gasteiger partial charge on any atom is -0.312 e. The van der Waals surface area contributed by atoms with Crippen LogP contribution in [0.4, 0.5) is 34.1 Å². The van der Waals surface area contributed by atoms with Crippen molar-refractivity contribution in [1.82, 2.24) is 0 Å². The summed E-state index contributed by atoms with van der Waals surface area (Å²) in [7, 11) is -2.82. The molecule has 4 heteroatoms. The van der Waals surface area contributed by atoms with Crippen LogP contribution >= 0.6 is 0 Å². The third-order valence-corrected chi connectivity index (χ3v) is 21.5. The summed E-state index contributed by atoms with van der Waals surface area (Å²) in [4.78, 5) is 5.40. The fraction of sp³-hybridized carbons (Fsp3) is 0.288. The fourth-order valence-electron chi connectivity index (χ4n) is 13.1. The van der Waals surface area contributed by atoms with Crippen LogP contribution in [0.2, 0.25) is 0 Å². The molecule has 7 aromatic carbocycles. The second-order valence-electron chi connectivity index (χ2n) is 22.3. The number of anilines is 6. The Kier molecular flexibility index (Phi) is 8.06. The molecular weight excluding hydrogens is 776 g/mol. The summed E-state index contributed by atoms with van der Waals surface area (Å²) in [6.07, 6.45) is 4.77. The van der Waals surface area contributed by atoms with Gasteiger partial charge in [0, 0.05) is 34.1 Å². The Hall–Kier alpha value is -5.58. The van der Waals surface area contributed by atoms with Crippen molar-refractivity contribution < 1.29 is 0 Å². The molecule has 0 saturated carbocycles. The summed E-state index contributed by atoms with van der Waals surface area (Å²) in [5.41, 5.74) is 20.0. The molecule has 5 aliphatic rings. The lowest BCUT2D eigenvalue weighted by Crippen LogP contribution is -2.79. The van der Waals surface area contributed by atoms with Crippen LogP contribution in [0.15, 0.2) is 146 Å². The van der Waals surface area contributed by atoms with Gasteiger partial charge in [-0.3, -0.25) is 0 Å². The van der Waals surface area contributed by atoms with Crippen molar-refractivity contribution >= 4 is 86.0 Å². The van der Waals surface area contributed by atoms with Crippen molar-refractivity contribution in [3.8, 4) is 0 Å². The molecule has 2 nitrogen and oxygen atoms in total. The Balaban J connectivity index is 1.22. The van der Waals surface area contributed by atoms with E-state index in [-0.39, 0.29) is 28.4 Å². The van der Waals surface area contributed by atoms with Crippen molar-refractivity contribution in [2.45, 2.75) is 110 Å². The average molecular weight is 835 g/mol. The average Bonchev–Trinajstić information content (AvgIpc) is 3.28. The van der Waals surface area contributed by atoms with E-state index in [0.29, 0.717) is 0 Å². The molecule has 312 valence electrons. The highest BCUT2D eigenvalue weighted by Gasteiger charge is 2.54. The van der Waals surface area contributed by atoms with Gasteiger partial charge in [0.25, 0.3) is 6.71 Å². The fourth-order valence-corrected chi connectivity index (χ4v) is 18.2. The number of hydrogen-bond donors (Lipinski definition) is 0. The largest absolute Gasteiger partial charge is 0.312 e. The highest BCUT2D eigenvalue weighted by Crippen LogP contribution is 2.53. The number of para-hydroxylation sites is 2. The van der Waals surface area contributed by atoms with E-state index in [9.17, 15) is 0 Å². The monoisotopic (exact) mass is 834 g/mol. The molecule has 0 fully saturated rings. The van der Waals surface area contributed by atoms with E-state index in [2.05, 4.69) is 218 Å². The number of nitrogens with zero attached hydrogens (tertiary/aromatic N) is 2. The Morgan fingerprint density at radius 3 is 1.59 bits per heavy atom. The van der Waals surface area contributed by atoms with Crippen LogP contribution in [0.1, 0.15) is 109 Å². The molecule has 0 saturated heterocycles. The van der Waals surface area contributed by atoms with Crippen molar-refractivity contribution in [3.63, 3.8) is 0 Å². The maximum Gasteiger partial charge on any atom is 0.252 e. The van der Waals surface area contributed by atoms with Gasteiger partial charge in [-0.05, 0) is 156 Å². The first-order chi connectivity index (χ1) is 30.1. The number of aryl methyl sites for hydroxylation is 1. The molecule has 0 spiro atoms. The highest BCUT2D eigenvalue weighted by molar-refractivity contribution is 7.22. The van der Waals surface area contributed by atoms with Crippen LogP contribution < -0.4 is 46.9 Å². The Labute approximate surface area is 377 Å². The summed E-state index contributed by atoms with van der Waals surface area (Å²) in [6, 6.07) is 57.8. The first-order valence-electron chi connectivity index (χ1n) is 23.6. The van der Waals surface area contributed by atoms with E-state index in [1.165, 1.54) is 125 Å². The van der Waals surface area contributed by atoms with Crippen LogP contribution in [-0.4, -0.2) is 14.8 Å². The van der Waals surface area contributed by atoms with Crippen molar-refractivity contribution in [3.05, 3.63) is 173 Å². The van der Waals surface area contributed by atoms with E-state index >= 15 is 0 Å². The molecule has 3 heterocycles. The molecule has 0 atom stereocenters. The zero-order valence-corrected chi connectivity index (χ0v) is 39.7. The number of hydrogen-bond acceptors (Lipinski definition) is 2. The van der Waals surface area contributed by atoms with Gasteiger partial charge in [0.05, 0.1) is 0 Å². The van der Waals surface area contributed by atoms with E-state index < -0.39 is 8.07 Å². The molecule has 3 aliphatic heterocycles. The number of rotatable bonds is 3. The highest BCUT2D eigenvalue weighted by atomic mass is 28.3. The second kappa shape index (κ2) is 13.0. The van der Waals surface area contributed by atoms with E-state index in [1.54, 1.807) is 0 Å². The van der Waals surface area contributed by atoms with Crippen LogP contribution in [0.3, 0.4) is 0 Å². The van der Waals surface area contributed by atoms with Gasteiger partial charge in [-0.1, -0.05) is 165 Å². The van der Waals surface area contributed by atoms with Crippen LogP contribution in [-0.2, 0) is 21.7 Å². The predicted molar refractivity (Wildman–Crippen MR) is 273 cm³/mol. The smallest absolute Gasteiger partial charge is 0.252 e. The quantitative estimate of drug-likeness (QED) is 0.164. The molecule has 2 aliphatic carbocycles. The molecule has 7 aromatic rings. The van der Waals surface area contributed by atoms with E-state index in [1.807, 2.05) is 0 Å². The van der Waals surface area contributed by atoms with Gasteiger partial charge in [-0.15, -0.1) is 0 Å². The first-order valence-corrected chi connectivity index (χ1v) is 25.6. The summed E-state index contributed by atoms with van der Waals surface area (Å²) in [6.45, 7) is 22.2. The molecule has 0 radical (unpaired) electrons. The maximum absolute atomic E-state index is 2.82. The van der Waals surface area contributed by atoms with Crippen LogP contribution in [0, 0.1) is 6.92 Å². The molecule has 0 bridgehead atoms. The molecule has 12 rings (SSSR count). The van der Waals surface area contributed by atoms with Crippen LogP contribution in [0.5, 0.6) is 0 Å². The molecular formula is C59H59BN2Si. The van der Waals surface area contributed by atoms with Gasteiger partial charge < -0.3 is 9.80 Å². The molecule has 0 N–H and O–H groups in total. The first kappa shape index (κ1) is 39.0. The zero-order chi connectivity index (χ0) is 43.4. The molecule has 0 aromatic heterocycles. The predicted octanol–water partition coefficient (Wildman–Crippen LogP) is 10.5. The van der Waals surface area contributed by atoms with Gasteiger partial charge in [-0.25, -0.2) is 0 Å². The summed E-state index contributed by atoms with van der Waals surface area (Å²) in [5.74, 6) is 0. The van der Waals surface area contributed by atoms with E-state index in [4.69, 9.17) is 0 Å². The summed E-state index contributed by atoms with van der Waals surface area (Å²) < 4.78 is 0. The van der Waals surface area contributed by atoms with Crippen LogP contribution in [0.25, 0.3) is 0 Å². The standard InChI is InChI=1S/C59H59BN2Si/c1-38-33-50-54-51(34-38)62-48-24-16-17-25-52(48)63(40-19-12-10-13-20-40,41-21-14-11-15-22-41)53-26-18-23-46(55(53)62)60(54)47-36-44-45(59(8,9)32-31-58(44,6)7)37-49(47)61(50)39-27-28-42-43(35-39)57(4,5)30-29-56(42,2)3/h10-28,33-37H,29-32H2,1-9H3. The molecule has 0 amide bonds. The lowest BCUT2D eigenvalue weighted by Gasteiger charge is -2.51. The minimum atomic E-state index is -2.82. The Morgan fingerprint density at radius 2 is 0.952 bits per heavy atom. The maximum atomic E-state index is 2.70. The molecule has 0 unspecified atom stereocenters. The lowest BCUT2D eigenvalue weighted by atomic mass is 9.33. The van der Waals surface area contributed by atoms with Crippen molar-refractivity contribution in [2.75, 3.05) is 9.80 Å². The molecule has 63 heavy (non-hydrogen) atoms. The van der Waals surface area contributed by atoms with Gasteiger partial charge >= 0.3 is 0 Å². The lowest BCUT2D eigenvalue weighted by molar-refractivity contribution is 0.332. The SMILES string of the molecule is Cc1cc2c3c(c1)N1c4ccccc4[Si](c4ccccc4)(c4ccccc4)c4cccc(c41)B3c1cc3c(cc1N2c1ccc2c(c1)C(C)(C)CCC2(C)C)C(C)(C)CCC3(C)C.